The third kappa shape index (κ3) is 2.84. The van der Waals surface area contributed by atoms with Crippen LogP contribution in [0.25, 0.3) is 0 Å². The molecule has 2 aromatic rings. The lowest BCUT2D eigenvalue weighted by molar-refractivity contribution is 0.103. The summed E-state index contributed by atoms with van der Waals surface area (Å²) in [5.74, 6) is -0.653. The van der Waals surface area contributed by atoms with Crippen LogP contribution in [0.1, 0.15) is 15.9 Å². The van der Waals surface area contributed by atoms with Crippen molar-refractivity contribution in [1.29, 1.82) is 0 Å². The second-order valence-electron chi connectivity index (χ2n) is 3.58. The quantitative estimate of drug-likeness (QED) is 0.519. The molecule has 0 aromatic heterocycles. The molecule has 0 fully saturated rings. The second-order valence-corrected chi connectivity index (χ2v) is 5.58. The number of carbonyl (C=O) groups excluding carboxylic acids is 1. The first-order chi connectivity index (χ1) is 8.49. The Kier molecular flexibility index (Phi) is 4.25. The van der Waals surface area contributed by atoms with Gasteiger partial charge in [0.1, 0.15) is 5.82 Å². The van der Waals surface area contributed by atoms with Crippen molar-refractivity contribution in [1.82, 2.24) is 0 Å². The van der Waals surface area contributed by atoms with E-state index in [0.717, 1.165) is 0 Å². The molecule has 18 heavy (non-hydrogen) atoms. The number of rotatable bonds is 2. The number of carbonyl (C=O) groups is 1. The molecule has 0 saturated heterocycles. The molecule has 5 heteroatoms. The lowest BCUT2D eigenvalue weighted by Crippen LogP contribution is -2.05. The highest BCUT2D eigenvalue weighted by molar-refractivity contribution is 14.1. The first-order valence-corrected chi connectivity index (χ1v) is 6.77. The number of ketones is 1. The molecule has 0 amide bonds. The van der Waals surface area contributed by atoms with Crippen molar-refractivity contribution in [3.8, 4) is 0 Å². The largest absolute Gasteiger partial charge is 0.289 e. The van der Waals surface area contributed by atoms with Gasteiger partial charge in [-0.3, -0.25) is 4.79 Å². The minimum atomic E-state index is -0.381. The van der Waals surface area contributed by atoms with E-state index < -0.39 is 0 Å². The zero-order valence-electron chi connectivity index (χ0n) is 8.88. The Morgan fingerprint density at radius 1 is 1.06 bits per heavy atom. The maximum absolute atomic E-state index is 13.0. The van der Waals surface area contributed by atoms with Crippen LogP contribution in [-0.2, 0) is 0 Å². The van der Waals surface area contributed by atoms with Gasteiger partial charge >= 0.3 is 0 Å². The lowest BCUT2D eigenvalue weighted by atomic mass is 10.0. The third-order valence-corrected chi connectivity index (χ3v) is 3.81. The van der Waals surface area contributed by atoms with Crippen molar-refractivity contribution in [3.05, 3.63) is 67.0 Å². The fraction of sp³-hybridized carbons (Fsp3) is 0. The first-order valence-electron chi connectivity index (χ1n) is 4.94. The summed E-state index contributed by atoms with van der Waals surface area (Å²) in [6.45, 7) is 0. The van der Waals surface area contributed by atoms with Crippen molar-refractivity contribution in [2.24, 2.45) is 0 Å². The van der Waals surface area contributed by atoms with Gasteiger partial charge in [0, 0.05) is 19.7 Å². The highest BCUT2D eigenvalue weighted by Gasteiger charge is 2.16. The average molecular weight is 395 g/mol. The minimum absolute atomic E-state index is 0.271. The topological polar surface area (TPSA) is 17.1 Å². The molecular formula is C13H6Cl2FIO. The summed E-state index contributed by atoms with van der Waals surface area (Å²) < 4.78 is 13.5. The molecule has 0 unspecified atom stereocenters. The summed E-state index contributed by atoms with van der Waals surface area (Å²) in [5.41, 5.74) is 0.717. The Morgan fingerprint density at radius 3 is 2.44 bits per heavy atom. The Morgan fingerprint density at radius 2 is 1.78 bits per heavy atom. The molecule has 0 radical (unpaired) electrons. The molecule has 0 spiro atoms. The van der Waals surface area contributed by atoms with E-state index in [1.807, 2.05) is 22.6 Å². The summed E-state index contributed by atoms with van der Waals surface area (Å²) in [7, 11) is 0. The van der Waals surface area contributed by atoms with E-state index in [9.17, 15) is 9.18 Å². The number of halogens is 4. The fourth-order valence-electron chi connectivity index (χ4n) is 1.49. The van der Waals surface area contributed by atoms with Gasteiger partial charge in [-0.15, -0.1) is 0 Å². The van der Waals surface area contributed by atoms with Gasteiger partial charge in [0.05, 0.1) is 5.02 Å². The summed E-state index contributed by atoms with van der Waals surface area (Å²) >= 11 is 13.7. The zero-order valence-corrected chi connectivity index (χ0v) is 12.6. The van der Waals surface area contributed by atoms with Gasteiger partial charge in [-0.05, 0) is 59.0 Å². The van der Waals surface area contributed by atoms with Crippen molar-refractivity contribution in [2.45, 2.75) is 0 Å². The summed E-state index contributed by atoms with van der Waals surface area (Å²) in [6, 6.07) is 8.66. The first kappa shape index (κ1) is 13.8. The Labute approximate surface area is 127 Å². The smallest absolute Gasteiger partial charge is 0.195 e. The molecule has 0 saturated carbocycles. The Hall–Kier alpha value is -0.650. The highest BCUT2D eigenvalue weighted by atomic mass is 127. The van der Waals surface area contributed by atoms with E-state index in [-0.39, 0.29) is 11.6 Å². The molecule has 2 rings (SSSR count). The molecular weight excluding hydrogens is 389 g/mol. The van der Waals surface area contributed by atoms with Crippen LogP contribution in [0.3, 0.4) is 0 Å². The van der Waals surface area contributed by atoms with E-state index in [2.05, 4.69) is 0 Å². The Balaban J connectivity index is 2.51. The monoisotopic (exact) mass is 394 g/mol. The summed E-state index contributed by atoms with van der Waals surface area (Å²) in [6.07, 6.45) is 0. The molecule has 0 aliphatic rings. The average Bonchev–Trinajstić information content (AvgIpc) is 2.31. The number of hydrogen-bond donors (Lipinski definition) is 0. The lowest BCUT2D eigenvalue weighted by Gasteiger charge is -2.06. The van der Waals surface area contributed by atoms with Gasteiger partial charge < -0.3 is 0 Å². The van der Waals surface area contributed by atoms with Crippen LogP contribution in [0.15, 0.2) is 36.4 Å². The van der Waals surface area contributed by atoms with Crippen LogP contribution in [-0.4, -0.2) is 5.78 Å². The van der Waals surface area contributed by atoms with Crippen LogP contribution in [0.4, 0.5) is 4.39 Å². The number of benzene rings is 2. The van der Waals surface area contributed by atoms with Crippen LogP contribution < -0.4 is 0 Å². The van der Waals surface area contributed by atoms with E-state index in [0.29, 0.717) is 24.7 Å². The number of hydrogen-bond acceptors (Lipinski definition) is 1. The normalized spacial score (nSPS) is 10.4. The van der Waals surface area contributed by atoms with Crippen LogP contribution in [0.2, 0.25) is 10.0 Å². The molecule has 0 aliphatic heterocycles. The minimum Gasteiger partial charge on any atom is -0.289 e. The Bertz CT molecular complexity index is 628. The van der Waals surface area contributed by atoms with Crippen LogP contribution >= 0.6 is 45.8 Å². The van der Waals surface area contributed by atoms with Crippen molar-refractivity contribution in [3.63, 3.8) is 0 Å². The SMILES string of the molecule is O=C(c1cc(Cl)ccc1Cl)c1ccc(F)cc1I. The molecule has 2 aromatic carbocycles. The summed E-state index contributed by atoms with van der Waals surface area (Å²) in [4.78, 5) is 12.3. The van der Waals surface area contributed by atoms with Gasteiger partial charge in [0.25, 0.3) is 0 Å². The van der Waals surface area contributed by atoms with Gasteiger partial charge in [-0.2, -0.15) is 0 Å². The fourth-order valence-corrected chi connectivity index (χ4v) is 2.59. The van der Waals surface area contributed by atoms with Crippen LogP contribution in [0, 0.1) is 9.39 Å². The van der Waals surface area contributed by atoms with Crippen molar-refractivity contribution >= 4 is 51.6 Å². The van der Waals surface area contributed by atoms with Gasteiger partial charge in [0.15, 0.2) is 5.78 Å². The highest BCUT2D eigenvalue weighted by Crippen LogP contribution is 2.25. The summed E-state index contributed by atoms with van der Waals surface area (Å²) in [5, 5.41) is 0.754. The second kappa shape index (κ2) is 5.55. The van der Waals surface area contributed by atoms with Gasteiger partial charge in [0.2, 0.25) is 0 Å². The molecule has 0 heterocycles. The third-order valence-electron chi connectivity index (χ3n) is 2.35. The predicted molar refractivity (Wildman–Crippen MR) is 79.0 cm³/mol. The molecule has 0 atom stereocenters. The van der Waals surface area contributed by atoms with Crippen LogP contribution in [0.5, 0.6) is 0 Å². The standard InChI is InChI=1S/C13H6Cl2FIO/c14-7-1-4-11(15)10(5-7)13(18)9-3-2-8(16)6-12(9)17/h1-6H. The van der Waals surface area contributed by atoms with Crippen molar-refractivity contribution < 1.29 is 9.18 Å². The van der Waals surface area contributed by atoms with E-state index in [4.69, 9.17) is 23.2 Å². The van der Waals surface area contributed by atoms with Gasteiger partial charge in [-0.25, -0.2) is 4.39 Å². The van der Waals surface area contributed by atoms with Crippen molar-refractivity contribution in [2.75, 3.05) is 0 Å². The molecule has 92 valence electrons. The van der Waals surface area contributed by atoms with E-state index in [1.165, 1.54) is 24.3 Å². The predicted octanol–water partition coefficient (Wildman–Crippen LogP) is 4.97. The maximum atomic E-state index is 13.0. The molecule has 0 aliphatic carbocycles. The van der Waals surface area contributed by atoms with E-state index >= 15 is 0 Å². The van der Waals surface area contributed by atoms with E-state index in [1.54, 1.807) is 12.1 Å². The molecule has 1 nitrogen and oxygen atoms in total. The molecule has 0 bridgehead atoms. The zero-order chi connectivity index (χ0) is 13.3. The van der Waals surface area contributed by atoms with Gasteiger partial charge in [-0.1, -0.05) is 23.2 Å². The maximum Gasteiger partial charge on any atom is 0.195 e. The molecule has 0 N–H and O–H groups in total.